The van der Waals surface area contributed by atoms with Crippen LogP contribution in [-0.4, -0.2) is 21.3 Å². The molecule has 1 aromatic heterocycles. The predicted molar refractivity (Wildman–Crippen MR) is 105 cm³/mol. The highest BCUT2D eigenvalue weighted by Gasteiger charge is 2.08. The van der Waals surface area contributed by atoms with E-state index in [0.29, 0.717) is 11.8 Å². The van der Waals surface area contributed by atoms with Crippen LogP contribution in [0.2, 0.25) is 0 Å². The van der Waals surface area contributed by atoms with Crippen molar-refractivity contribution in [1.29, 1.82) is 0 Å². The highest BCUT2D eigenvalue weighted by Crippen LogP contribution is 2.28. The van der Waals surface area contributed by atoms with Crippen LogP contribution in [-0.2, 0) is 0 Å². The Hall–Kier alpha value is -3.15. The Morgan fingerprint density at radius 1 is 0.962 bits per heavy atom. The van der Waals surface area contributed by atoms with Crippen molar-refractivity contribution < 1.29 is 4.74 Å². The largest absolute Gasteiger partial charge is 0.489 e. The lowest BCUT2D eigenvalue weighted by Gasteiger charge is -2.15. The van der Waals surface area contributed by atoms with Crippen molar-refractivity contribution in [2.24, 2.45) is 0 Å². The molecule has 6 nitrogen and oxygen atoms in total. The summed E-state index contributed by atoms with van der Waals surface area (Å²) in [6.07, 6.45) is 1.67. The Balaban J connectivity index is 1.81. The molecule has 0 radical (unpaired) electrons. The van der Waals surface area contributed by atoms with E-state index >= 15 is 0 Å². The van der Waals surface area contributed by atoms with Gasteiger partial charge in [0.2, 0.25) is 5.95 Å². The lowest BCUT2D eigenvalue weighted by atomic mass is 10.1. The molecule has 3 aromatic rings. The van der Waals surface area contributed by atoms with Crippen molar-refractivity contribution in [1.82, 2.24) is 15.2 Å². The Bertz CT molecular complexity index is 895. The second-order valence-electron chi connectivity index (χ2n) is 6.40. The monoisotopic (exact) mass is 349 g/mol. The number of hydrogen-bond acceptors (Lipinski definition) is 6. The standard InChI is InChI=1S/C20H23N5O/c1-13(2)26-18-8-6-5-7-16(18)22-19-12-21-25-20(24-19)23-17-11-14(3)9-10-15(17)4/h5-13H,1-4H3,(H2,22,23,24,25). The summed E-state index contributed by atoms with van der Waals surface area (Å²) in [7, 11) is 0. The van der Waals surface area contributed by atoms with Crippen LogP contribution in [0.3, 0.4) is 0 Å². The molecule has 26 heavy (non-hydrogen) atoms. The van der Waals surface area contributed by atoms with Crippen LogP contribution >= 0.6 is 0 Å². The topological polar surface area (TPSA) is 72.0 Å². The molecule has 0 bridgehead atoms. The zero-order chi connectivity index (χ0) is 18.5. The predicted octanol–water partition coefficient (Wildman–Crippen LogP) is 4.76. The third-order valence-electron chi connectivity index (χ3n) is 3.71. The Morgan fingerprint density at radius 3 is 2.58 bits per heavy atom. The van der Waals surface area contributed by atoms with Gasteiger partial charge in [-0.1, -0.05) is 24.3 Å². The quantitative estimate of drug-likeness (QED) is 0.668. The number of para-hydroxylation sites is 2. The molecule has 0 amide bonds. The fraction of sp³-hybridized carbons (Fsp3) is 0.250. The van der Waals surface area contributed by atoms with E-state index in [0.717, 1.165) is 22.7 Å². The molecule has 0 aliphatic rings. The summed E-state index contributed by atoms with van der Waals surface area (Å²) in [6, 6.07) is 13.9. The minimum atomic E-state index is 0.0861. The first-order valence-corrected chi connectivity index (χ1v) is 8.58. The summed E-state index contributed by atoms with van der Waals surface area (Å²) in [4.78, 5) is 4.50. The molecule has 0 unspecified atom stereocenters. The molecule has 6 heteroatoms. The van der Waals surface area contributed by atoms with Crippen molar-refractivity contribution >= 4 is 23.1 Å². The normalized spacial score (nSPS) is 10.7. The summed E-state index contributed by atoms with van der Waals surface area (Å²) in [5.74, 6) is 1.80. The third kappa shape index (κ3) is 4.47. The van der Waals surface area contributed by atoms with Crippen LogP contribution in [0.25, 0.3) is 0 Å². The fourth-order valence-corrected chi connectivity index (χ4v) is 2.47. The number of nitrogens with one attached hydrogen (secondary N) is 2. The van der Waals surface area contributed by atoms with Crippen molar-refractivity contribution in [3.05, 3.63) is 59.8 Å². The summed E-state index contributed by atoms with van der Waals surface area (Å²) in [6.45, 7) is 8.08. The van der Waals surface area contributed by atoms with Crippen molar-refractivity contribution in [2.45, 2.75) is 33.8 Å². The number of rotatable bonds is 6. The highest BCUT2D eigenvalue weighted by atomic mass is 16.5. The van der Waals surface area contributed by atoms with Crippen LogP contribution in [0.15, 0.2) is 48.7 Å². The van der Waals surface area contributed by atoms with Crippen molar-refractivity contribution in [3.63, 3.8) is 0 Å². The van der Waals surface area contributed by atoms with Crippen molar-refractivity contribution in [2.75, 3.05) is 10.6 Å². The average molecular weight is 349 g/mol. The molecule has 0 saturated heterocycles. The van der Waals surface area contributed by atoms with E-state index in [-0.39, 0.29) is 6.10 Å². The first kappa shape index (κ1) is 17.7. The number of nitrogens with zero attached hydrogens (tertiary/aromatic N) is 3. The van der Waals surface area contributed by atoms with E-state index in [2.05, 4.69) is 44.0 Å². The van der Waals surface area contributed by atoms with E-state index < -0.39 is 0 Å². The molecule has 0 atom stereocenters. The molecule has 2 N–H and O–H groups in total. The number of hydrogen-bond donors (Lipinski definition) is 2. The summed E-state index contributed by atoms with van der Waals surface area (Å²) in [5, 5.41) is 14.6. The first-order chi connectivity index (χ1) is 12.5. The Kier molecular flexibility index (Phi) is 5.31. The zero-order valence-corrected chi connectivity index (χ0v) is 15.4. The molecule has 3 rings (SSSR count). The maximum absolute atomic E-state index is 5.83. The smallest absolute Gasteiger partial charge is 0.249 e. The number of ether oxygens (including phenoxy) is 1. The molecule has 0 aliphatic heterocycles. The second kappa shape index (κ2) is 7.82. The summed E-state index contributed by atoms with van der Waals surface area (Å²) in [5.41, 5.74) is 4.08. The first-order valence-electron chi connectivity index (χ1n) is 8.58. The molecular formula is C20H23N5O. The van der Waals surface area contributed by atoms with Gasteiger partial charge in [-0.25, -0.2) is 0 Å². The molecule has 2 aromatic carbocycles. The lowest BCUT2D eigenvalue weighted by molar-refractivity contribution is 0.244. The number of aryl methyl sites for hydroxylation is 2. The van der Waals surface area contributed by atoms with E-state index in [9.17, 15) is 0 Å². The minimum absolute atomic E-state index is 0.0861. The van der Waals surface area contributed by atoms with E-state index in [1.165, 1.54) is 5.56 Å². The summed E-state index contributed by atoms with van der Waals surface area (Å²) < 4.78 is 5.83. The van der Waals surface area contributed by atoms with Gasteiger partial charge in [0.15, 0.2) is 5.82 Å². The van der Waals surface area contributed by atoms with Crippen LogP contribution in [0.1, 0.15) is 25.0 Å². The van der Waals surface area contributed by atoms with Gasteiger partial charge in [-0.15, -0.1) is 5.10 Å². The van der Waals surface area contributed by atoms with Gasteiger partial charge in [0, 0.05) is 5.69 Å². The van der Waals surface area contributed by atoms with Gasteiger partial charge in [-0.2, -0.15) is 10.1 Å². The Morgan fingerprint density at radius 2 is 1.77 bits per heavy atom. The fourth-order valence-electron chi connectivity index (χ4n) is 2.47. The van der Waals surface area contributed by atoms with Gasteiger partial charge in [0.1, 0.15) is 5.75 Å². The molecular weight excluding hydrogens is 326 g/mol. The third-order valence-corrected chi connectivity index (χ3v) is 3.71. The number of aromatic nitrogens is 3. The maximum atomic E-state index is 5.83. The van der Waals surface area contributed by atoms with Crippen LogP contribution in [0.4, 0.5) is 23.1 Å². The lowest BCUT2D eigenvalue weighted by Crippen LogP contribution is -2.08. The maximum Gasteiger partial charge on any atom is 0.249 e. The Labute approximate surface area is 153 Å². The van der Waals surface area contributed by atoms with Gasteiger partial charge in [-0.05, 0) is 57.0 Å². The van der Waals surface area contributed by atoms with E-state index in [1.54, 1.807) is 6.20 Å². The number of benzene rings is 2. The SMILES string of the molecule is Cc1ccc(C)c(Nc2nncc(Nc3ccccc3OC(C)C)n2)c1. The van der Waals surface area contributed by atoms with E-state index in [4.69, 9.17) is 4.74 Å². The van der Waals surface area contributed by atoms with E-state index in [1.807, 2.05) is 52.0 Å². The van der Waals surface area contributed by atoms with Gasteiger partial charge in [-0.3, -0.25) is 0 Å². The molecule has 0 aliphatic carbocycles. The molecule has 134 valence electrons. The van der Waals surface area contributed by atoms with Gasteiger partial charge >= 0.3 is 0 Å². The molecule has 0 spiro atoms. The van der Waals surface area contributed by atoms with Crippen molar-refractivity contribution in [3.8, 4) is 5.75 Å². The number of anilines is 4. The minimum Gasteiger partial charge on any atom is -0.489 e. The molecule has 0 fully saturated rings. The summed E-state index contributed by atoms with van der Waals surface area (Å²) >= 11 is 0. The highest BCUT2D eigenvalue weighted by molar-refractivity contribution is 5.65. The van der Waals surface area contributed by atoms with Gasteiger partial charge < -0.3 is 15.4 Å². The van der Waals surface area contributed by atoms with Crippen LogP contribution < -0.4 is 15.4 Å². The van der Waals surface area contributed by atoms with Crippen LogP contribution in [0.5, 0.6) is 5.75 Å². The molecule has 0 saturated carbocycles. The zero-order valence-electron chi connectivity index (χ0n) is 15.4. The average Bonchev–Trinajstić information content (AvgIpc) is 2.60. The van der Waals surface area contributed by atoms with Crippen LogP contribution in [0, 0.1) is 13.8 Å². The molecule has 1 heterocycles. The second-order valence-corrected chi connectivity index (χ2v) is 6.40. The van der Waals surface area contributed by atoms with Gasteiger partial charge in [0.05, 0.1) is 18.0 Å². The van der Waals surface area contributed by atoms with Gasteiger partial charge in [0.25, 0.3) is 0 Å².